The van der Waals surface area contributed by atoms with Crippen LogP contribution < -0.4 is 0 Å². The zero-order chi connectivity index (χ0) is 8.69. The van der Waals surface area contributed by atoms with E-state index in [1.807, 2.05) is 13.8 Å². The molecular weight excluding hydrogens is 158 g/mol. The molecule has 0 aliphatic rings. The van der Waals surface area contributed by atoms with Crippen LogP contribution in [0.1, 0.15) is 20.3 Å². The Balaban J connectivity index is 4.16. The third kappa shape index (κ3) is 5.85. The summed E-state index contributed by atoms with van der Waals surface area (Å²) < 4.78 is 0. The molecule has 0 N–H and O–H groups in total. The minimum atomic E-state index is 0.499. The molecule has 2 nitrogen and oxygen atoms in total. The summed E-state index contributed by atoms with van der Waals surface area (Å²) in [5.74, 6) is 0.746. The second kappa shape index (κ2) is 6.16. The Morgan fingerprint density at radius 1 is 1.55 bits per heavy atom. The predicted octanol–water partition coefficient (Wildman–Crippen LogP) is 1.87. The Labute approximate surface area is 72.8 Å². The van der Waals surface area contributed by atoms with Gasteiger partial charge in [0.2, 0.25) is 0 Å². The summed E-state index contributed by atoms with van der Waals surface area (Å²) in [6.07, 6.45) is 3.33. The van der Waals surface area contributed by atoms with Gasteiger partial charge < -0.3 is 0 Å². The first-order chi connectivity index (χ1) is 5.20. The van der Waals surface area contributed by atoms with Gasteiger partial charge in [0.15, 0.2) is 6.29 Å². The molecule has 0 atom stereocenters. The van der Waals surface area contributed by atoms with Crippen molar-refractivity contribution in [3.8, 4) is 0 Å². The molecule has 3 heteroatoms. The van der Waals surface area contributed by atoms with Gasteiger partial charge in [-0.1, -0.05) is 6.08 Å². The summed E-state index contributed by atoms with van der Waals surface area (Å²) in [7, 11) is 0. The van der Waals surface area contributed by atoms with Crippen molar-refractivity contribution >= 4 is 24.6 Å². The number of carbonyl (C=O) groups excluding carboxylic acids is 1. The Kier molecular flexibility index (Phi) is 5.84. The van der Waals surface area contributed by atoms with E-state index in [1.54, 1.807) is 6.08 Å². The van der Waals surface area contributed by atoms with Gasteiger partial charge >= 0.3 is 0 Å². The molecule has 0 saturated carbocycles. The van der Waals surface area contributed by atoms with Crippen LogP contribution in [0.15, 0.2) is 16.8 Å². The first kappa shape index (κ1) is 10.4. The van der Waals surface area contributed by atoms with Crippen LogP contribution in [-0.2, 0) is 4.79 Å². The highest BCUT2D eigenvalue weighted by molar-refractivity contribution is 7.80. The predicted molar refractivity (Wildman–Crippen MR) is 51.4 cm³/mol. The molecular formula is C8H13NOS. The first-order valence-electron chi connectivity index (χ1n) is 3.48. The van der Waals surface area contributed by atoms with E-state index < -0.39 is 0 Å². The quantitative estimate of drug-likeness (QED) is 0.297. The monoisotopic (exact) mass is 171 g/mol. The lowest BCUT2D eigenvalue weighted by Crippen LogP contribution is -1.86. The highest BCUT2D eigenvalue weighted by atomic mass is 32.1. The third-order valence-electron chi connectivity index (χ3n) is 0.956. The number of carbonyl (C=O) groups is 1. The fourth-order valence-corrected chi connectivity index (χ4v) is 0.720. The lowest BCUT2D eigenvalue weighted by Gasteiger charge is -1.91. The maximum atomic E-state index is 10.3. The lowest BCUT2D eigenvalue weighted by molar-refractivity contribution is -0.104. The molecule has 0 saturated heterocycles. The molecule has 0 fully saturated rings. The van der Waals surface area contributed by atoms with Gasteiger partial charge in [-0.25, -0.2) is 0 Å². The smallest absolute Gasteiger partial charge is 0.168 e. The molecule has 62 valence electrons. The topological polar surface area (TPSA) is 29.4 Å². The highest BCUT2D eigenvalue weighted by Crippen LogP contribution is 1.97. The number of aldehydes is 1. The van der Waals surface area contributed by atoms with Gasteiger partial charge in [-0.15, -0.1) is 0 Å². The number of thiol groups is 1. The maximum absolute atomic E-state index is 10.3. The number of aliphatic imine (C=N–C) groups is 1. The SMILES string of the molecule is CC(C)=N/C(C=O)=C\CCS. The molecule has 0 aromatic rings. The molecule has 0 aromatic heterocycles. The summed E-state index contributed by atoms with van der Waals surface area (Å²) in [5, 5.41) is 0. The van der Waals surface area contributed by atoms with Crippen molar-refractivity contribution in [3.05, 3.63) is 11.8 Å². The molecule has 0 amide bonds. The summed E-state index contributed by atoms with van der Waals surface area (Å²) in [5.41, 5.74) is 1.39. The van der Waals surface area contributed by atoms with E-state index in [-0.39, 0.29) is 0 Å². The number of nitrogens with zero attached hydrogens (tertiary/aromatic N) is 1. The molecule has 0 heterocycles. The van der Waals surface area contributed by atoms with Gasteiger partial charge in [0.25, 0.3) is 0 Å². The Morgan fingerprint density at radius 3 is 2.55 bits per heavy atom. The fraction of sp³-hybridized carbons (Fsp3) is 0.500. The van der Waals surface area contributed by atoms with Crippen LogP contribution >= 0.6 is 12.6 Å². The van der Waals surface area contributed by atoms with Gasteiger partial charge in [0.1, 0.15) is 0 Å². The van der Waals surface area contributed by atoms with Crippen molar-refractivity contribution in [1.82, 2.24) is 0 Å². The highest BCUT2D eigenvalue weighted by Gasteiger charge is 1.89. The number of hydrogen-bond donors (Lipinski definition) is 1. The van der Waals surface area contributed by atoms with Crippen molar-refractivity contribution in [2.45, 2.75) is 20.3 Å². The van der Waals surface area contributed by atoms with Crippen molar-refractivity contribution in [3.63, 3.8) is 0 Å². The van der Waals surface area contributed by atoms with E-state index in [0.717, 1.165) is 24.2 Å². The zero-order valence-corrected chi connectivity index (χ0v) is 7.77. The molecule has 0 aliphatic heterocycles. The molecule has 0 aromatic carbocycles. The number of rotatable bonds is 4. The summed E-state index contributed by atoms with van der Waals surface area (Å²) >= 11 is 4.02. The zero-order valence-electron chi connectivity index (χ0n) is 6.87. The van der Waals surface area contributed by atoms with Crippen LogP contribution in [0.3, 0.4) is 0 Å². The fourth-order valence-electron chi connectivity index (χ4n) is 0.591. The number of allylic oxidation sites excluding steroid dienone is 2. The summed E-state index contributed by atoms with van der Waals surface area (Å²) in [4.78, 5) is 14.4. The average molecular weight is 171 g/mol. The van der Waals surface area contributed by atoms with Crippen LogP contribution in [0.4, 0.5) is 0 Å². The minimum Gasteiger partial charge on any atom is -0.296 e. The molecule has 0 unspecified atom stereocenters. The largest absolute Gasteiger partial charge is 0.296 e. The van der Waals surface area contributed by atoms with E-state index in [0.29, 0.717) is 5.70 Å². The van der Waals surface area contributed by atoms with Gasteiger partial charge in [-0.05, 0) is 26.0 Å². The van der Waals surface area contributed by atoms with E-state index >= 15 is 0 Å². The second-order valence-corrected chi connectivity index (χ2v) is 2.77. The van der Waals surface area contributed by atoms with Crippen molar-refractivity contribution < 1.29 is 4.79 Å². The molecule has 0 spiro atoms. The molecule has 0 rings (SSSR count). The maximum Gasteiger partial charge on any atom is 0.168 e. The normalized spacial score (nSPS) is 11.0. The van der Waals surface area contributed by atoms with E-state index in [9.17, 15) is 4.79 Å². The van der Waals surface area contributed by atoms with Crippen molar-refractivity contribution in [1.29, 1.82) is 0 Å². The number of hydrogen-bond acceptors (Lipinski definition) is 3. The van der Waals surface area contributed by atoms with Gasteiger partial charge in [-0.3, -0.25) is 9.79 Å². The lowest BCUT2D eigenvalue weighted by atomic mass is 10.3. The van der Waals surface area contributed by atoms with Crippen LogP contribution in [0.25, 0.3) is 0 Å². The van der Waals surface area contributed by atoms with Crippen molar-refractivity contribution in [2.24, 2.45) is 4.99 Å². The molecule has 11 heavy (non-hydrogen) atoms. The van der Waals surface area contributed by atoms with Crippen LogP contribution in [0.5, 0.6) is 0 Å². The summed E-state index contributed by atoms with van der Waals surface area (Å²) in [6, 6.07) is 0. The average Bonchev–Trinajstić information content (AvgIpc) is 1.97. The second-order valence-electron chi connectivity index (χ2n) is 2.32. The Bertz CT molecular complexity index is 181. The van der Waals surface area contributed by atoms with Crippen molar-refractivity contribution in [2.75, 3.05) is 5.75 Å². The van der Waals surface area contributed by atoms with Crippen LogP contribution in [0, 0.1) is 0 Å². The standard InChI is InChI=1S/C8H13NOS/c1-7(2)9-8(6-10)4-3-5-11/h4,6,11H,3,5H2,1-2H3/b8-4-. The van der Waals surface area contributed by atoms with E-state index in [4.69, 9.17) is 0 Å². The molecule has 0 bridgehead atoms. The Morgan fingerprint density at radius 2 is 2.18 bits per heavy atom. The van der Waals surface area contributed by atoms with Crippen LogP contribution in [-0.4, -0.2) is 17.8 Å². The van der Waals surface area contributed by atoms with Crippen LogP contribution in [0.2, 0.25) is 0 Å². The summed E-state index contributed by atoms with van der Waals surface area (Å²) in [6.45, 7) is 3.72. The van der Waals surface area contributed by atoms with Gasteiger partial charge in [0, 0.05) is 5.71 Å². The van der Waals surface area contributed by atoms with Gasteiger partial charge in [-0.2, -0.15) is 12.6 Å². The molecule has 0 aliphatic carbocycles. The minimum absolute atomic E-state index is 0.499. The molecule has 0 radical (unpaired) electrons. The van der Waals surface area contributed by atoms with Gasteiger partial charge in [0.05, 0.1) is 5.70 Å². The Hall–Kier alpha value is -0.570. The third-order valence-corrected chi connectivity index (χ3v) is 1.21. The van der Waals surface area contributed by atoms with E-state index in [2.05, 4.69) is 17.6 Å². The van der Waals surface area contributed by atoms with E-state index in [1.165, 1.54) is 0 Å². The first-order valence-corrected chi connectivity index (χ1v) is 4.12.